The van der Waals surface area contributed by atoms with E-state index in [0.29, 0.717) is 11.3 Å². The lowest BCUT2D eigenvalue weighted by molar-refractivity contribution is 0.0670. The molecule has 0 spiro atoms. The van der Waals surface area contributed by atoms with Crippen LogP contribution in [0.15, 0.2) is 36.0 Å². The molecular weight excluding hydrogens is 344 g/mol. The Balaban J connectivity index is 1.56. The number of hydrogen-bond acceptors (Lipinski definition) is 5. The Bertz CT molecular complexity index is 797. The van der Waals surface area contributed by atoms with E-state index in [2.05, 4.69) is 25.3 Å². The third kappa shape index (κ3) is 3.47. The van der Waals surface area contributed by atoms with Crippen molar-refractivity contribution >= 4 is 27.9 Å². The zero-order valence-corrected chi connectivity index (χ0v) is 14.8. The van der Waals surface area contributed by atoms with Gasteiger partial charge in [0.2, 0.25) is 0 Å². The average molecular weight is 363 g/mol. The van der Waals surface area contributed by atoms with Crippen LogP contribution in [0.2, 0.25) is 5.15 Å². The van der Waals surface area contributed by atoms with Gasteiger partial charge in [-0.05, 0) is 25.0 Å². The van der Waals surface area contributed by atoms with E-state index in [9.17, 15) is 0 Å². The highest BCUT2D eigenvalue weighted by Crippen LogP contribution is 2.24. The van der Waals surface area contributed by atoms with E-state index in [4.69, 9.17) is 16.3 Å². The van der Waals surface area contributed by atoms with E-state index in [-0.39, 0.29) is 0 Å². The average Bonchev–Trinajstić information content (AvgIpc) is 3.29. The van der Waals surface area contributed by atoms with Gasteiger partial charge in [-0.15, -0.1) is 11.3 Å². The highest BCUT2D eigenvalue weighted by atomic mass is 35.5. The van der Waals surface area contributed by atoms with E-state index in [0.717, 1.165) is 55.4 Å². The van der Waals surface area contributed by atoms with Gasteiger partial charge in [-0.1, -0.05) is 17.7 Å². The van der Waals surface area contributed by atoms with Crippen LogP contribution in [0, 0.1) is 0 Å². The van der Waals surface area contributed by atoms with Crippen molar-refractivity contribution in [3.63, 3.8) is 0 Å². The van der Waals surface area contributed by atoms with Gasteiger partial charge < -0.3 is 4.74 Å². The number of hydrogen-bond donors (Lipinski definition) is 0. The summed E-state index contributed by atoms with van der Waals surface area (Å²) in [5, 5.41) is 2.62. The van der Waals surface area contributed by atoms with Crippen LogP contribution >= 0.6 is 22.9 Å². The molecule has 0 unspecified atom stereocenters. The first kappa shape index (κ1) is 16.0. The third-order valence-corrected chi connectivity index (χ3v) is 5.34. The standard InChI is InChI=1S/C17H19ClN4OS/c18-16-15(22-7-9-24-17(22)20-16)12-21(11-14-5-3-8-23-14)10-13-4-1-2-6-19-13/h1-2,4,6-7,9,14H,3,5,8,10-12H2/t14-/m0/s1. The lowest BCUT2D eigenvalue weighted by Gasteiger charge is -2.24. The highest BCUT2D eigenvalue weighted by Gasteiger charge is 2.22. The van der Waals surface area contributed by atoms with Crippen molar-refractivity contribution in [1.82, 2.24) is 19.3 Å². The van der Waals surface area contributed by atoms with Crippen molar-refractivity contribution in [1.29, 1.82) is 0 Å². The predicted molar refractivity (Wildman–Crippen MR) is 95.4 cm³/mol. The smallest absolute Gasteiger partial charge is 0.195 e. The number of halogens is 1. The predicted octanol–water partition coefficient (Wildman–Crippen LogP) is 3.63. The SMILES string of the molecule is Clc1nc2sccn2c1CN(Cc1ccccn1)C[C@@H]1CCCO1. The van der Waals surface area contributed by atoms with Crippen molar-refractivity contribution in [2.75, 3.05) is 13.2 Å². The van der Waals surface area contributed by atoms with E-state index >= 15 is 0 Å². The van der Waals surface area contributed by atoms with Gasteiger partial charge in [0.15, 0.2) is 10.1 Å². The van der Waals surface area contributed by atoms with E-state index < -0.39 is 0 Å². The Morgan fingerprint density at radius 3 is 3.12 bits per heavy atom. The molecule has 0 bridgehead atoms. The van der Waals surface area contributed by atoms with Gasteiger partial charge in [-0.3, -0.25) is 14.3 Å². The molecule has 1 aliphatic heterocycles. The Morgan fingerprint density at radius 1 is 1.38 bits per heavy atom. The van der Waals surface area contributed by atoms with E-state index in [1.165, 1.54) is 0 Å². The summed E-state index contributed by atoms with van der Waals surface area (Å²) in [4.78, 5) is 12.2. The summed E-state index contributed by atoms with van der Waals surface area (Å²) in [6, 6.07) is 6.02. The largest absolute Gasteiger partial charge is 0.377 e. The van der Waals surface area contributed by atoms with Crippen LogP contribution in [0.5, 0.6) is 0 Å². The Kier molecular flexibility index (Phi) is 4.80. The fourth-order valence-electron chi connectivity index (χ4n) is 3.14. The van der Waals surface area contributed by atoms with E-state index in [1.807, 2.05) is 29.9 Å². The number of pyridine rings is 1. The molecule has 1 saturated heterocycles. The number of thiazole rings is 1. The summed E-state index contributed by atoms with van der Waals surface area (Å²) in [6.07, 6.45) is 6.41. The van der Waals surface area contributed by atoms with Crippen LogP contribution in [0.4, 0.5) is 0 Å². The van der Waals surface area contributed by atoms with E-state index in [1.54, 1.807) is 11.3 Å². The molecule has 4 rings (SSSR count). The topological polar surface area (TPSA) is 42.7 Å². The molecule has 5 nitrogen and oxygen atoms in total. The molecule has 0 amide bonds. The monoisotopic (exact) mass is 362 g/mol. The zero-order valence-electron chi connectivity index (χ0n) is 13.3. The number of imidazole rings is 1. The van der Waals surface area contributed by atoms with Gasteiger partial charge in [-0.25, -0.2) is 4.98 Å². The third-order valence-electron chi connectivity index (χ3n) is 4.28. The van der Waals surface area contributed by atoms with Crippen LogP contribution in [0.3, 0.4) is 0 Å². The number of fused-ring (bicyclic) bond motifs is 1. The number of aromatic nitrogens is 3. The maximum Gasteiger partial charge on any atom is 0.195 e. The van der Waals surface area contributed by atoms with Gasteiger partial charge in [-0.2, -0.15) is 0 Å². The fraction of sp³-hybridized carbons (Fsp3) is 0.412. The lowest BCUT2D eigenvalue weighted by atomic mass is 10.2. The van der Waals surface area contributed by atoms with Crippen LogP contribution in [-0.4, -0.2) is 38.5 Å². The lowest BCUT2D eigenvalue weighted by Crippen LogP contribution is -2.32. The highest BCUT2D eigenvalue weighted by molar-refractivity contribution is 7.15. The van der Waals surface area contributed by atoms with Gasteiger partial charge in [0.1, 0.15) is 0 Å². The van der Waals surface area contributed by atoms with Crippen LogP contribution in [0.25, 0.3) is 4.96 Å². The summed E-state index contributed by atoms with van der Waals surface area (Å²) in [5.74, 6) is 0. The number of nitrogens with zero attached hydrogens (tertiary/aromatic N) is 4. The molecule has 1 atom stereocenters. The first-order chi connectivity index (χ1) is 11.8. The quantitative estimate of drug-likeness (QED) is 0.671. The van der Waals surface area contributed by atoms with Crippen molar-refractivity contribution in [2.24, 2.45) is 0 Å². The molecule has 0 radical (unpaired) electrons. The molecule has 7 heteroatoms. The molecule has 0 saturated carbocycles. The summed E-state index contributed by atoms with van der Waals surface area (Å²) >= 11 is 7.97. The Morgan fingerprint density at radius 2 is 2.33 bits per heavy atom. The van der Waals surface area contributed by atoms with Gasteiger partial charge in [0, 0.05) is 44.0 Å². The molecule has 0 aliphatic carbocycles. The molecule has 126 valence electrons. The van der Waals surface area contributed by atoms with Gasteiger partial charge >= 0.3 is 0 Å². The zero-order chi connectivity index (χ0) is 16.4. The minimum absolute atomic E-state index is 0.290. The fourth-order valence-corrected chi connectivity index (χ4v) is 4.16. The molecule has 3 aromatic heterocycles. The summed E-state index contributed by atoms with van der Waals surface area (Å²) < 4.78 is 7.90. The molecule has 1 aliphatic rings. The maximum absolute atomic E-state index is 6.37. The van der Waals surface area contributed by atoms with Crippen molar-refractivity contribution in [3.05, 3.63) is 52.5 Å². The summed E-state index contributed by atoms with van der Waals surface area (Å²) in [6.45, 7) is 3.25. The normalized spacial score (nSPS) is 18.0. The second-order valence-corrected chi connectivity index (χ2v) is 7.26. The van der Waals surface area contributed by atoms with Crippen molar-refractivity contribution < 1.29 is 4.74 Å². The van der Waals surface area contributed by atoms with Gasteiger partial charge in [0.25, 0.3) is 0 Å². The molecule has 0 N–H and O–H groups in total. The maximum atomic E-state index is 6.37. The van der Waals surface area contributed by atoms with Crippen LogP contribution in [0.1, 0.15) is 24.2 Å². The molecular formula is C17H19ClN4OS. The van der Waals surface area contributed by atoms with Crippen LogP contribution in [-0.2, 0) is 17.8 Å². The summed E-state index contributed by atoms with van der Waals surface area (Å²) in [5.41, 5.74) is 2.08. The Hall–Kier alpha value is -1.47. The number of rotatable bonds is 6. The van der Waals surface area contributed by atoms with Gasteiger partial charge in [0.05, 0.1) is 17.5 Å². The minimum Gasteiger partial charge on any atom is -0.377 e. The molecule has 1 fully saturated rings. The van der Waals surface area contributed by atoms with Crippen molar-refractivity contribution in [3.8, 4) is 0 Å². The Labute approximate surface area is 149 Å². The minimum atomic E-state index is 0.290. The number of ether oxygens (including phenoxy) is 1. The molecule has 24 heavy (non-hydrogen) atoms. The van der Waals surface area contributed by atoms with Crippen molar-refractivity contribution in [2.45, 2.75) is 32.0 Å². The second-order valence-electron chi connectivity index (χ2n) is 6.03. The molecule has 0 aromatic carbocycles. The first-order valence-corrected chi connectivity index (χ1v) is 9.39. The first-order valence-electron chi connectivity index (χ1n) is 8.13. The molecule has 3 aromatic rings. The second kappa shape index (κ2) is 7.19. The van der Waals surface area contributed by atoms with Crippen LogP contribution < -0.4 is 0 Å². The molecule has 4 heterocycles. The summed E-state index contributed by atoms with van der Waals surface area (Å²) in [7, 11) is 0.